The molecule has 0 aliphatic heterocycles. The summed E-state index contributed by atoms with van der Waals surface area (Å²) in [5.74, 6) is -0.318. The Bertz CT molecular complexity index is 423. The van der Waals surface area contributed by atoms with Gasteiger partial charge in [0.05, 0.1) is 10.0 Å². The predicted molar refractivity (Wildman–Crippen MR) is 70.9 cm³/mol. The minimum atomic E-state index is -0.450. The Balaban J connectivity index is 2.74. The summed E-state index contributed by atoms with van der Waals surface area (Å²) in [4.78, 5) is 11.8. The third-order valence-corrected chi connectivity index (χ3v) is 3.81. The number of halogens is 3. The fraction of sp³-hybridized carbons (Fsp3) is 0.417. The van der Waals surface area contributed by atoms with E-state index in [0.717, 1.165) is 0 Å². The lowest BCUT2D eigenvalue weighted by Gasteiger charge is -2.21. The Hall–Kier alpha value is -0.610. The van der Waals surface area contributed by atoms with Gasteiger partial charge in [-0.2, -0.15) is 0 Å². The smallest absolute Gasteiger partial charge is 0.252 e. The molecule has 0 aliphatic rings. The molecule has 0 aliphatic carbocycles. The van der Waals surface area contributed by atoms with Crippen LogP contribution in [0.2, 0.25) is 0 Å². The Kier molecular flexibility index (Phi) is 4.95. The van der Waals surface area contributed by atoms with Crippen molar-refractivity contribution in [1.82, 2.24) is 5.32 Å². The molecule has 5 heteroatoms. The van der Waals surface area contributed by atoms with Crippen LogP contribution in [-0.4, -0.2) is 18.3 Å². The Labute approximate surface area is 114 Å². The maximum absolute atomic E-state index is 13.2. The zero-order valence-electron chi connectivity index (χ0n) is 9.69. The second kappa shape index (κ2) is 5.83. The fourth-order valence-electron chi connectivity index (χ4n) is 1.14. The molecule has 1 aromatic rings. The van der Waals surface area contributed by atoms with Crippen molar-refractivity contribution in [3.8, 4) is 0 Å². The van der Waals surface area contributed by atoms with Gasteiger partial charge in [0.25, 0.3) is 5.91 Å². The molecule has 2 nitrogen and oxygen atoms in total. The summed E-state index contributed by atoms with van der Waals surface area (Å²) in [6.07, 6.45) is 0. The highest BCUT2D eigenvalue weighted by molar-refractivity contribution is 9.10. The second-order valence-corrected chi connectivity index (χ2v) is 5.64. The lowest BCUT2D eigenvalue weighted by molar-refractivity contribution is 0.0938. The predicted octanol–water partition coefficient (Wildman–Crippen LogP) is 3.58. The molecule has 1 amide bonds. The number of carbonyl (C=O) groups is 1. The summed E-state index contributed by atoms with van der Waals surface area (Å²) in [5.41, 5.74) is 0.104. The molecule has 0 saturated heterocycles. The van der Waals surface area contributed by atoms with Crippen LogP contribution in [0.5, 0.6) is 0 Å². The van der Waals surface area contributed by atoms with Crippen LogP contribution in [0.3, 0.4) is 0 Å². The summed E-state index contributed by atoms with van der Waals surface area (Å²) in [6, 6.07) is 4.36. The van der Waals surface area contributed by atoms with Gasteiger partial charge in [-0.25, -0.2) is 4.39 Å². The Morgan fingerprint density at radius 1 is 1.53 bits per heavy atom. The number of hydrogen-bond acceptors (Lipinski definition) is 1. The molecule has 94 valence electrons. The third-order valence-electron chi connectivity index (χ3n) is 2.29. The van der Waals surface area contributed by atoms with E-state index in [1.165, 1.54) is 12.1 Å². The van der Waals surface area contributed by atoms with Crippen molar-refractivity contribution in [2.75, 3.05) is 12.4 Å². The summed E-state index contributed by atoms with van der Waals surface area (Å²) in [5, 5.41) is 2.74. The van der Waals surface area contributed by atoms with E-state index >= 15 is 0 Å². The van der Waals surface area contributed by atoms with Crippen LogP contribution in [0.15, 0.2) is 22.7 Å². The lowest BCUT2D eigenvalue weighted by Crippen LogP contribution is -2.35. The van der Waals surface area contributed by atoms with Gasteiger partial charge in [-0.05, 0) is 33.5 Å². The zero-order chi connectivity index (χ0) is 13.1. The SMILES string of the molecule is CC(C)(CCl)CNC(=O)c1cccc(F)c1Br. The first-order chi connectivity index (χ1) is 7.87. The molecular formula is C12H14BrClFNO. The third kappa shape index (κ3) is 3.96. The average molecular weight is 323 g/mol. The monoisotopic (exact) mass is 321 g/mol. The Morgan fingerprint density at radius 2 is 2.18 bits per heavy atom. The molecule has 0 radical (unpaired) electrons. The number of benzene rings is 1. The van der Waals surface area contributed by atoms with Crippen LogP contribution >= 0.6 is 27.5 Å². The van der Waals surface area contributed by atoms with Gasteiger partial charge in [0.2, 0.25) is 0 Å². The van der Waals surface area contributed by atoms with E-state index in [0.29, 0.717) is 12.4 Å². The average Bonchev–Trinajstić information content (AvgIpc) is 2.30. The van der Waals surface area contributed by atoms with Crippen molar-refractivity contribution >= 4 is 33.4 Å². The molecule has 0 unspecified atom stereocenters. The van der Waals surface area contributed by atoms with Crippen molar-refractivity contribution in [1.29, 1.82) is 0 Å². The zero-order valence-corrected chi connectivity index (χ0v) is 12.0. The van der Waals surface area contributed by atoms with Gasteiger partial charge < -0.3 is 5.32 Å². The van der Waals surface area contributed by atoms with Gasteiger partial charge in [-0.1, -0.05) is 19.9 Å². The van der Waals surface area contributed by atoms with Crippen LogP contribution in [0.25, 0.3) is 0 Å². The standard InChI is InChI=1S/C12H14BrClFNO/c1-12(2,6-14)7-16-11(17)8-4-3-5-9(15)10(8)13/h3-5H,6-7H2,1-2H3,(H,16,17). The van der Waals surface area contributed by atoms with E-state index in [1.54, 1.807) is 6.07 Å². The van der Waals surface area contributed by atoms with E-state index in [4.69, 9.17) is 11.6 Å². The molecule has 0 saturated carbocycles. The van der Waals surface area contributed by atoms with Crippen molar-refractivity contribution in [2.45, 2.75) is 13.8 Å². The highest BCUT2D eigenvalue weighted by atomic mass is 79.9. The second-order valence-electron chi connectivity index (χ2n) is 4.58. The minimum absolute atomic E-state index is 0.182. The first kappa shape index (κ1) is 14.5. The van der Waals surface area contributed by atoms with E-state index in [2.05, 4.69) is 21.2 Å². The molecule has 17 heavy (non-hydrogen) atoms. The van der Waals surface area contributed by atoms with Crippen molar-refractivity contribution < 1.29 is 9.18 Å². The van der Waals surface area contributed by atoms with Crippen LogP contribution in [0.4, 0.5) is 4.39 Å². The van der Waals surface area contributed by atoms with Gasteiger partial charge in [0, 0.05) is 12.4 Å². The molecule has 0 heterocycles. The maximum Gasteiger partial charge on any atom is 0.252 e. The van der Waals surface area contributed by atoms with Gasteiger partial charge in [-0.3, -0.25) is 4.79 Å². The number of nitrogens with one attached hydrogen (secondary N) is 1. The molecule has 0 spiro atoms. The topological polar surface area (TPSA) is 29.1 Å². The van der Waals surface area contributed by atoms with Crippen LogP contribution in [0.1, 0.15) is 24.2 Å². The van der Waals surface area contributed by atoms with Crippen molar-refractivity contribution in [2.24, 2.45) is 5.41 Å². The van der Waals surface area contributed by atoms with Crippen molar-refractivity contribution in [3.05, 3.63) is 34.1 Å². The summed E-state index contributed by atoms with van der Waals surface area (Å²) < 4.78 is 13.4. The van der Waals surface area contributed by atoms with E-state index < -0.39 is 5.82 Å². The molecule has 1 aromatic carbocycles. The maximum atomic E-state index is 13.2. The molecule has 0 fully saturated rings. The summed E-state index contributed by atoms with van der Waals surface area (Å²) in [7, 11) is 0. The molecule has 1 N–H and O–H groups in total. The first-order valence-corrected chi connectivity index (χ1v) is 6.48. The van der Waals surface area contributed by atoms with E-state index in [-0.39, 0.29) is 21.4 Å². The number of hydrogen-bond donors (Lipinski definition) is 1. The number of amides is 1. The number of alkyl halides is 1. The van der Waals surface area contributed by atoms with Crippen LogP contribution in [0, 0.1) is 11.2 Å². The molecule has 0 bridgehead atoms. The first-order valence-electron chi connectivity index (χ1n) is 5.15. The fourth-order valence-corrected chi connectivity index (χ4v) is 1.68. The van der Waals surface area contributed by atoms with E-state index in [9.17, 15) is 9.18 Å². The highest BCUT2D eigenvalue weighted by Gasteiger charge is 2.19. The van der Waals surface area contributed by atoms with Gasteiger partial charge in [0.15, 0.2) is 0 Å². The van der Waals surface area contributed by atoms with Crippen LogP contribution in [-0.2, 0) is 0 Å². The molecular weight excluding hydrogens is 308 g/mol. The number of rotatable bonds is 4. The van der Waals surface area contributed by atoms with Gasteiger partial charge in [0.1, 0.15) is 5.82 Å². The minimum Gasteiger partial charge on any atom is -0.351 e. The Morgan fingerprint density at radius 3 is 2.76 bits per heavy atom. The lowest BCUT2D eigenvalue weighted by atomic mass is 9.96. The molecule has 0 atom stereocenters. The number of carbonyl (C=O) groups excluding carboxylic acids is 1. The summed E-state index contributed by atoms with van der Waals surface area (Å²) >= 11 is 8.82. The normalized spacial score (nSPS) is 11.4. The van der Waals surface area contributed by atoms with E-state index in [1.807, 2.05) is 13.8 Å². The van der Waals surface area contributed by atoms with Gasteiger partial charge in [-0.15, -0.1) is 11.6 Å². The largest absolute Gasteiger partial charge is 0.351 e. The summed E-state index contributed by atoms with van der Waals surface area (Å²) in [6.45, 7) is 4.33. The quantitative estimate of drug-likeness (QED) is 0.843. The van der Waals surface area contributed by atoms with Crippen LogP contribution < -0.4 is 5.32 Å². The van der Waals surface area contributed by atoms with Gasteiger partial charge >= 0.3 is 0 Å². The highest BCUT2D eigenvalue weighted by Crippen LogP contribution is 2.21. The van der Waals surface area contributed by atoms with Crippen molar-refractivity contribution in [3.63, 3.8) is 0 Å². The molecule has 0 aromatic heterocycles. The molecule has 1 rings (SSSR count).